The summed E-state index contributed by atoms with van der Waals surface area (Å²) in [5.74, 6) is 0. The third-order valence-corrected chi connectivity index (χ3v) is 4.92. The van der Waals surface area contributed by atoms with E-state index in [-0.39, 0.29) is 0 Å². The van der Waals surface area contributed by atoms with E-state index >= 15 is 0 Å². The van der Waals surface area contributed by atoms with Crippen molar-refractivity contribution in [3.8, 4) is 0 Å². The highest BCUT2D eigenvalue weighted by atomic mass is 35.5. The molecule has 0 saturated carbocycles. The molecule has 2 nitrogen and oxygen atoms in total. The zero-order valence-corrected chi connectivity index (χ0v) is 13.1. The van der Waals surface area contributed by atoms with Crippen LogP contribution in [0.25, 0.3) is 0 Å². The Labute approximate surface area is 127 Å². The van der Waals surface area contributed by atoms with Crippen molar-refractivity contribution in [2.24, 2.45) is 0 Å². The van der Waals surface area contributed by atoms with Crippen LogP contribution in [0.2, 0.25) is 5.02 Å². The van der Waals surface area contributed by atoms with E-state index in [1.807, 2.05) is 12.1 Å². The minimum Gasteiger partial charge on any atom is -0.383 e. The largest absolute Gasteiger partial charge is 0.383 e. The molecule has 0 spiro atoms. The lowest BCUT2D eigenvalue weighted by molar-refractivity contribution is 0.199. The van der Waals surface area contributed by atoms with Crippen molar-refractivity contribution in [1.82, 2.24) is 5.32 Å². The molecule has 102 valence electrons. The molecule has 0 fully saturated rings. The van der Waals surface area contributed by atoms with Gasteiger partial charge in [0.25, 0.3) is 0 Å². The van der Waals surface area contributed by atoms with Gasteiger partial charge in [-0.05, 0) is 35.2 Å². The first-order valence-corrected chi connectivity index (χ1v) is 8.06. The second-order valence-electron chi connectivity index (χ2n) is 3.96. The van der Waals surface area contributed by atoms with Gasteiger partial charge in [-0.3, -0.25) is 0 Å². The average Bonchev–Trinajstić information content (AvgIpc) is 2.90. The summed E-state index contributed by atoms with van der Waals surface area (Å²) in [7, 11) is 1.71. The Kier molecular flexibility index (Phi) is 6.20. The van der Waals surface area contributed by atoms with Crippen molar-refractivity contribution < 1.29 is 4.74 Å². The zero-order valence-electron chi connectivity index (χ0n) is 10.7. The van der Waals surface area contributed by atoms with Gasteiger partial charge in [0, 0.05) is 30.1 Å². The first-order chi connectivity index (χ1) is 9.29. The van der Waals surface area contributed by atoms with Crippen molar-refractivity contribution in [3.05, 3.63) is 46.3 Å². The summed E-state index contributed by atoms with van der Waals surface area (Å²) in [6.07, 6.45) is 0. The van der Waals surface area contributed by atoms with Gasteiger partial charge in [0.15, 0.2) is 0 Å². The number of methoxy groups -OCH3 is 1. The highest BCUT2D eigenvalue weighted by molar-refractivity contribution is 8.01. The summed E-state index contributed by atoms with van der Waals surface area (Å²) in [5.41, 5.74) is 1.22. The molecule has 2 aromatic rings. The van der Waals surface area contributed by atoms with E-state index in [2.05, 4.69) is 28.9 Å². The number of hydrogen-bond acceptors (Lipinski definition) is 4. The minimum atomic E-state index is 0.716. The number of benzene rings is 1. The SMILES string of the molecule is COCCNCc1cc(Cl)ccc1Sc1cccs1. The van der Waals surface area contributed by atoms with E-state index in [9.17, 15) is 0 Å². The second kappa shape index (κ2) is 7.92. The number of rotatable bonds is 7. The van der Waals surface area contributed by atoms with Gasteiger partial charge in [0.2, 0.25) is 0 Å². The molecule has 0 bridgehead atoms. The molecule has 0 saturated heterocycles. The quantitative estimate of drug-likeness (QED) is 0.771. The number of hydrogen-bond donors (Lipinski definition) is 1. The lowest BCUT2D eigenvalue weighted by Gasteiger charge is -2.10. The van der Waals surface area contributed by atoms with Crippen LogP contribution in [0.1, 0.15) is 5.56 Å². The molecule has 0 amide bonds. The van der Waals surface area contributed by atoms with Gasteiger partial charge in [-0.1, -0.05) is 29.4 Å². The lowest BCUT2D eigenvalue weighted by atomic mass is 10.2. The van der Waals surface area contributed by atoms with Gasteiger partial charge in [-0.15, -0.1) is 11.3 Å². The molecule has 0 aliphatic rings. The maximum Gasteiger partial charge on any atom is 0.0646 e. The molecular weight excluding hydrogens is 298 g/mol. The van der Waals surface area contributed by atoms with Gasteiger partial charge >= 0.3 is 0 Å². The highest BCUT2D eigenvalue weighted by Crippen LogP contribution is 2.34. The standard InChI is InChI=1S/C14H16ClNOS2/c1-17-7-6-16-10-11-9-12(15)4-5-13(11)19-14-3-2-8-18-14/h2-5,8-9,16H,6-7,10H2,1H3. The van der Waals surface area contributed by atoms with Gasteiger partial charge in [0.1, 0.15) is 0 Å². The van der Waals surface area contributed by atoms with Crippen LogP contribution in [-0.4, -0.2) is 20.3 Å². The Morgan fingerprint density at radius 2 is 2.26 bits per heavy atom. The Hall–Kier alpha value is -0.520. The van der Waals surface area contributed by atoms with E-state index in [1.54, 1.807) is 30.2 Å². The molecule has 5 heteroatoms. The van der Waals surface area contributed by atoms with E-state index in [0.717, 1.165) is 18.1 Å². The summed E-state index contributed by atoms with van der Waals surface area (Å²) >= 11 is 9.61. The first kappa shape index (κ1) is 14.9. The van der Waals surface area contributed by atoms with Crippen molar-refractivity contribution >= 4 is 34.7 Å². The Bertz CT molecular complexity index is 502. The molecular formula is C14H16ClNOS2. The fourth-order valence-electron chi connectivity index (χ4n) is 1.61. The number of ether oxygens (including phenoxy) is 1. The Balaban J connectivity index is 2.04. The van der Waals surface area contributed by atoms with E-state index in [1.165, 1.54) is 14.7 Å². The van der Waals surface area contributed by atoms with Crippen molar-refractivity contribution in [3.63, 3.8) is 0 Å². The van der Waals surface area contributed by atoms with E-state index in [4.69, 9.17) is 16.3 Å². The molecule has 1 aromatic carbocycles. The molecule has 2 rings (SSSR count). The predicted octanol–water partition coefficient (Wildman–Crippen LogP) is 4.29. The van der Waals surface area contributed by atoms with Gasteiger partial charge < -0.3 is 10.1 Å². The summed E-state index contributed by atoms with van der Waals surface area (Å²) in [6, 6.07) is 10.2. The van der Waals surface area contributed by atoms with Crippen molar-refractivity contribution in [2.45, 2.75) is 15.6 Å². The van der Waals surface area contributed by atoms with Crippen molar-refractivity contribution in [1.29, 1.82) is 0 Å². The number of halogens is 1. The molecule has 1 N–H and O–H groups in total. The van der Waals surface area contributed by atoms with Crippen LogP contribution in [-0.2, 0) is 11.3 Å². The molecule has 1 heterocycles. The average molecular weight is 314 g/mol. The molecule has 0 aliphatic heterocycles. The normalized spacial score (nSPS) is 10.8. The fourth-order valence-corrected chi connectivity index (χ4v) is 3.65. The number of thiophene rings is 1. The molecule has 0 radical (unpaired) electrons. The number of nitrogens with one attached hydrogen (secondary N) is 1. The molecule has 0 aliphatic carbocycles. The first-order valence-electron chi connectivity index (χ1n) is 5.99. The summed E-state index contributed by atoms with van der Waals surface area (Å²) in [6.45, 7) is 2.36. The van der Waals surface area contributed by atoms with Crippen LogP contribution in [0.4, 0.5) is 0 Å². The van der Waals surface area contributed by atoms with E-state index < -0.39 is 0 Å². The van der Waals surface area contributed by atoms with Crippen LogP contribution in [0, 0.1) is 0 Å². The van der Waals surface area contributed by atoms with E-state index in [0.29, 0.717) is 6.61 Å². The Morgan fingerprint density at radius 1 is 1.37 bits per heavy atom. The second-order valence-corrected chi connectivity index (χ2v) is 6.68. The molecule has 0 unspecified atom stereocenters. The summed E-state index contributed by atoms with van der Waals surface area (Å²) in [5, 5.41) is 6.23. The van der Waals surface area contributed by atoms with Gasteiger partial charge in [-0.2, -0.15) is 0 Å². The van der Waals surface area contributed by atoms with Crippen LogP contribution >= 0.6 is 34.7 Å². The molecule has 1 aromatic heterocycles. The lowest BCUT2D eigenvalue weighted by Crippen LogP contribution is -2.18. The smallest absolute Gasteiger partial charge is 0.0646 e. The zero-order chi connectivity index (χ0) is 13.5. The van der Waals surface area contributed by atoms with Gasteiger partial charge in [0.05, 0.1) is 10.8 Å². The Morgan fingerprint density at radius 3 is 3.00 bits per heavy atom. The molecule has 19 heavy (non-hydrogen) atoms. The van der Waals surface area contributed by atoms with Crippen molar-refractivity contribution in [2.75, 3.05) is 20.3 Å². The molecule has 0 atom stereocenters. The van der Waals surface area contributed by atoms with Crippen LogP contribution < -0.4 is 5.32 Å². The fraction of sp³-hybridized carbons (Fsp3) is 0.286. The highest BCUT2D eigenvalue weighted by Gasteiger charge is 2.06. The van der Waals surface area contributed by atoms with Crippen LogP contribution in [0.5, 0.6) is 0 Å². The summed E-state index contributed by atoms with van der Waals surface area (Å²) < 4.78 is 6.32. The third kappa shape index (κ3) is 4.82. The topological polar surface area (TPSA) is 21.3 Å². The van der Waals surface area contributed by atoms with Crippen LogP contribution in [0.15, 0.2) is 44.8 Å². The minimum absolute atomic E-state index is 0.716. The summed E-state index contributed by atoms with van der Waals surface area (Å²) in [4.78, 5) is 1.25. The predicted molar refractivity (Wildman–Crippen MR) is 83.5 cm³/mol. The maximum absolute atomic E-state index is 6.08. The van der Waals surface area contributed by atoms with Crippen LogP contribution in [0.3, 0.4) is 0 Å². The monoisotopic (exact) mass is 313 g/mol. The van der Waals surface area contributed by atoms with Gasteiger partial charge in [-0.25, -0.2) is 0 Å². The third-order valence-electron chi connectivity index (χ3n) is 2.53. The maximum atomic E-state index is 6.08.